The molecule has 1 atom stereocenters. The number of pyridine rings is 1. The number of carbonyl (C=O) groups is 2. The van der Waals surface area contributed by atoms with Gasteiger partial charge in [-0.05, 0) is 30.7 Å². The van der Waals surface area contributed by atoms with E-state index >= 15 is 0 Å². The van der Waals surface area contributed by atoms with Crippen molar-refractivity contribution in [1.29, 1.82) is 0 Å². The summed E-state index contributed by atoms with van der Waals surface area (Å²) in [5, 5.41) is 3.64. The number of benzene rings is 1. The molecule has 148 valence electrons. The molecule has 7 nitrogen and oxygen atoms in total. The quantitative estimate of drug-likeness (QED) is 0.770. The summed E-state index contributed by atoms with van der Waals surface area (Å²) in [7, 11) is 0. The Morgan fingerprint density at radius 2 is 1.89 bits per heavy atom. The average molecular weight is 402 g/mol. The van der Waals surface area contributed by atoms with E-state index < -0.39 is 5.91 Å². The van der Waals surface area contributed by atoms with Gasteiger partial charge in [0, 0.05) is 37.4 Å². The summed E-state index contributed by atoms with van der Waals surface area (Å²) in [6.45, 7) is 4.97. The van der Waals surface area contributed by atoms with Gasteiger partial charge in [0.1, 0.15) is 5.82 Å². The molecule has 2 amide bonds. The van der Waals surface area contributed by atoms with E-state index in [4.69, 9.17) is 17.3 Å². The van der Waals surface area contributed by atoms with Crippen molar-refractivity contribution in [3.05, 3.63) is 58.7 Å². The largest absolute Gasteiger partial charge is 0.365 e. The minimum atomic E-state index is -0.488. The van der Waals surface area contributed by atoms with E-state index in [2.05, 4.69) is 15.2 Å². The first-order valence-electron chi connectivity index (χ1n) is 9.21. The lowest BCUT2D eigenvalue weighted by atomic mass is 10.1. The van der Waals surface area contributed by atoms with Gasteiger partial charge in [-0.1, -0.05) is 29.8 Å². The number of amides is 2. The van der Waals surface area contributed by atoms with Crippen LogP contribution >= 0.6 is 11.6 Å². The Labute approximate surface area is 169 Å². The van der Waals surface area contributed by atoms with Crippen LogP contribution in [0, 0.1) is 0 Å². The molecule has 0 bridgehead atoms. The molecule has 8 heteroatoms. The molecule has 2 aromatic rings. The van der Waals surface area contributed by atoms with Gasteiger partial charge in [-0.25, -0.2) is 4.98 Å². The Hall–Kier alpha value is -2.64. The van der Waals surface area contributed by atoms with E-state index in [1.807, 2.05) is 36.1 Å². The number of piperazine rings is 1. The van der Waals surface area contributed by atoms with Gasteiger partial charge < -0.3 is 16.0 Å². The van der Waals surface area contributed by atoms with Crippen LogP contribution in [0.5, 0.6) is 0 Å². The zero-order chi connectivity index (χ0) is 20.1. The molecule has 0 unspecified atom stereocenters. The highest BCUT2D eigenvalue weighted by Gasteiger charge is 2.23. The molecule has 0 radical (unpaired) electrons. The molecule has 1 aromatic carbocycles. The number of aromatic nitrogens is 1. The first kappa shape index (κ1) is 20.1. The van der Waals surface area contributed by atoms with Crippen LogP contribution in [0.4, 0.5) is 5.82 Å². The smallest absolute Gasteiger partial charge is 0.252 e. The van der Waals surface area contributed by atoms with E-state index in [9.17, 15) is 9.59 Å². The van der Waals surface area contributed by atoms with Crippen molar-refractivity contribution in [3.8, 4) is 0 Å². The minimum Gasteiger partial charge on any atom is -0.365 e. The number of nitrogens with one attached hydrogen (secondary N) is 1. The number of hydrogen-bond donors (Lipinski definition) is 2. The molecule has 0 spiro atoms. The molecule has 1 aliphatic heterocycles. The predicted octanol–water partition coefficient (Wildman–Crippen LogP) is 1.83. The maximum Gasteiger partial charge on any atom is 0.252 e. The highest BCUT2D eigenvalue weighted by molar-refractivity contribution is 6.31. The topological polar surface area (TPSA) is 91.6 Å². The summed E-state index contributed by atoms with van der Waals surface area (Å²) in [5.41, 5.74) is 6.76. The van der Waals surface area contributed by atoms with E-state index in [-0.39, 0.29) is 11.9 Å². The second-order valence-corrected chi connectivity index (χ2v) is 7.22. The maximum atomic E-state index is 12.4. The highest BCUT2D eigenvalue weighted by Crippen LogP contribution is 2.22. The number of carbonyl (C=O) groups excluding carboxylic acids is 2. The van der Waals surface area contributed by atoms with Crippen LogP contribution in [0.15, 0.2) is 42.6 Å². The molecule has 2 heterocycles. The Bertz CT molecular complexity index is 852. The zero-order valence-corrected chi connectivity index (χ0v) is 16.5. The maximum absolute atomic E-state index is 12.4. The number of primary amides is 1. The number of anilines is 1. The minimum absolute atomic E-state index is 0.0449. The number of rotatable bonds is 6. The number of nitrogens with zero attached hydrogens (tertiary/aromatic N) is 3. The van der Waals surface area contributed by atoms with Gasteiger partial charge in [-0.2, -0.15) is 0 Å². The van der Waals surface area contributed by atoms with Crippen LogP contribution in [-0.4, -0.2) is 54.4 Å². The van der Waals surface area contributed by atoms with Crippen molar-refractivity contribution < 1.29 is 9.59 Å². The van der Waals surface area contributed by atoms with Gasteiger partial charge in [0.05, 0.1) is 18.2 Å². The number of nitrogens with two attached hydrogens (primary N) is 1. The van der Waals surface area contributed by atoms with Gasteiger partial charge in [0.2, 0.25) is 5.91 Å². The summed E-state index contributed by atoms with van der Waals surface area (Å²) >= 11 is 6.20. The fourth-order valence-corrected chi connectivity index (χ4v) is 3.65. The second-order valence-electron chi connectivity index (χ2n) is 6.81. The third-order valence-electron chi connectivity index (χ3n) is 4.84. The van der Waals surface area contributed by atoms with Crippen LogP contribution in [0.1, 0.15) is 28.9 Å². The molecular formula is C20H24ClN5O2. The molecule has 0 aliphatic carbocycles. The van der Waals surface area contributed by atoms with Crippen molar-refractivity contribution in [1.82, 2.24) is 15.2 Å². The van der Waals surface area contributed by atoms with Gasteiger partial charge in [-0.15, -0.1) is 0 Å². The van der Waals surface area contributed by atoms with Gasteiger partial charge in [-0.3, -0.25) is 14.5 Å². The van der Waals surface area contributed by atoms with Gasteiger partial charge in [0.25, 0.3) is 5.91 Å². The van der Waals surface area contributed by atoms with E-state index in [1.54, 1.807) is 18.3 Å². The van der Waals surface area contributed by atoms with E-state index in [0.717, 1.165) is 5.56 Å². The molecule has 3 N–H and O–H groups in total. The van der Waals surface area contributed by atoms with Crippen LogP contribution in [0.3, 0.4) is 0 Å². The summed E-state index contributed by atoms with van der Waals surface area (Å²) in [6.07, 6.45) is 1.65. The monoisotopic (exact) mass is 401 g/mol. The Kier molecular flexibility index (Phi) is 6.49. The van der Waals surface area contributed by atoms with Crippen molar-refractivity contribution >= 4 is 29.2 Å². The lowest BCUT2D eigenvalue weighted by Crippen LogP contribution is -2.50. The van der Waals surface area contributed by atoms with Crippen LogP contribution in [0.25, 0.3) is 0 Å². The SMILES string of the molecule is C[C@@H](NC(=O)CN1CCN(c2ncccc2C(N)=O)CC1)c1ccccc1Cl. The van der Waals surface area contributed by atoms with Gasteiger partial charge >= 0.3 is 0 Å². The molecule has 3 rings (SSSR count). The van der Waals surface area contributed by atoms with Crippen molar-refractivity contribution in [2.75, 3.05) is 37.6 Å². The third kappa shape index (κ3) is 4.79. The Morgan fingerprint density at radius 3 is 2.57 bits per heavy atom. The first-order chi connectivity index (χ1) is 13.5. The molecule has 28 heavy (non-hydrogen) atoms. The molecular weight excluding hydrogens is 378 g/mol. The lowest BCUT2D eigenvalue weighted by molar-refractivity contribution is -0.123. The predicted molar refractivity (Wildman–Crippen MR) is 109 cm³/mol. The number of hydrogen-bond acceptors (Lipinski definition) is 5. The van der Waals surface area contributed by atoms with Gasteiger partial charge in [0.15, 0.2) is 0 Å². The Morgan fingerprint density at radius 1 is 1.18 bits per heavy atom. The first-order valence-corrected chi connectivity index (χ1v) is 9.59. The highest BCUT2D eigenvalue weighted by atomic mass is 35.5. The van der Waals surface area contributed by atoms with Crippen molar-refractivity contribution in [2.45, 2.75) is 13.0 Å². The zero-order valence-electron chi connectivity index (χ0n) is 15.8. The second kappa shape index (κ2) is 9.03. The molecule has 1 aromatic heterocycles. The van der Waals surface area contributed by atoms with Crippen molar-refractivity contribution in [2.24, 2.45) is 5.73 Å². The molecule has 1 saturated heterocycles. The van der Waals surface area contributed by atoms with Crippen molar-refractivity contribution in [3.63, 3.8) is 0 Å². The normalized spacial score (nSPS) is 15.9. The fraction of sp³-hybridized carbons (Fsp3) is 0.350. The van der Waals surface area contributed by atoms with Crippen LogP contribution in [-0.2, 0) is 4.79 Å². The van der Waals surface area contributed by atoms with E-state index in [0.29, 0.717) is 49.1 Å². The summed E-state index contributed by atoms with van der Waals surface area (Å²) in [5.74, 6) is 0.0708. The Balaban J connectivity index is 1.52. The molecule has 0 saturated carbocycles. The third-order valence-corrected chi connectivity index (χ3v) is 5.18. The number of halogens is 1. The molecule has 1 fully saturated rings. The molecule has 1 aliphatic rings. The summed E-state index contributed by atoms with van der Waals surface area (Å²) in [4.78, 5) is 32.4. The van der Waals surface area contributed by atoms with Crippen LogP contribution < -0.4 is 16.0 Å². The summed E-state index contributed by atoms with van der Waals surface area (Å²) in [6, 6.07) is 10.7. The van der Waals surface area contributed by atoms with Crippen LogP contribution in [0.2, 0.25) is 5.02 Å². The lowest BCUT2D eigenvalue weighted by Gasteiger charge is -2.35. The van der Waals surface area contributed by atoms with E-state index in [1.165, 1.54) is 0 Å². The standard InChI is InChI=1S/C20H24ClN5O2/c1-14(15-5-2-3-7-17(15)21)24-18(27)13-25-9-11-26(12-10-25)20-16(19(22)28)6-4-8-23-20/h2-8,14H,9-13H2,1H3,(H2,22,28)(H,24,27)/t14-/m1/s1. The fourth-order valence-electron chi connectivity index (χ4n) is 3.35. The summed E-state index contributed by atoms with van der Waals surface area (Å²) < 4.78 is 0. The average Bonchev–Trinajstić information content (AvgIpc) is 2.68.